The molecule has 0 saturated carbocycles. The highest BCUT2D eigenvalue weighted by Gasteiger charge is 2.15. The van der Waals surface area contributed by atoms with E-state index in [4.69, 9.17) is 18.9 Å². The molecule has 0 amide bonds. The minimum atomic E-state index is -0.396. The number of carbonyl (C=O) groups excluding carboxylic acids is 4. The number of rotatable bonds is 19. The molecule has 34 heavy (non-hydrogen) atoms. The van der Waals surface area contributed by atoms with Gasteiger partial charge in [0.05, 0.1) is 23.3 Å². The van der Waals surface area contributed by atoms with Crippen LogP contribution in [0.3, 0.4) is 0 Å². The molecule has 2 atom stereocenters. The van der Waals surface area contributed by atoms with Crippen LogP contribution >= 0.6 is 23.5 Å². The van der Waals surface area contributed by atoms with E-state index in [-0.39, 0.29) is 61.7 Å². The van der Waals surface area contributed by atoms with Gasteiger partial charge in [-0.2, -0.15) is 23.5 Å². The third kappa shape index (κ3) is 17.0. The first-order chi connectivity index (χ1) is 16.1. The molecule has 0 aromatic rings. The summed E-state index contributed by atoms with van der Waals surface area (Å²) in [5.41, 5.74) is 0. The van der Waals surface area contributed by atoms with Gasteiger partial charge < -0.3 is 28.7 Å². The fraction of sp³-hybridized carbons (Fsp3) is 0.818. The maximum Gasteiger partial charge on any atom is 0.318 e. The second-order valence-corrected chi connectivity index (χ2v) is 10.0. The van der Waals surface area contributed by atoms with Gasteiger partial charge in [0.2, 0.25) is 0 Å². The van der Waals surface area contributed by atoms with E-state index >= 15 is 0 Å². The smallest absolute Gasteiger partial charge is 0.318 e. The Morgan fingerprint density at radius 2 is 1.03 bits per heavy atom. The van der Waals surface area contributed by atoms with Crippen LogP contribution < -0.4 is 0 Å². The molecule has 0 rings (SSSR count). The summed E-state index contributed by atoms with van der Waals surface area (Å²) < 4.78 is 20.3. The Bertz CT molecular complexity index is 576. The maximum absolute atomic E-state index is 12.0. The standard InChI is InChI=1S/C22H40N2O8S2/c1-17(33-5)21(27)31-15-13-29-19(25)7-9-24(12-11-23(3)4)10-8-20(26)30-14-16-32-22(28)18(2)34-6/h17-18H,7-16H2,1-6H3. The van der Waals surface area contributed by atoms with E-state index in [0.29, 0.717) is 19.6 Å². The van der Waals surface area contributed by atoms with E-state index in [0.717, 1.165) is 6.54 Å². The van der Waals surface area contributed by atoms with Crippen molar-refractivity contribution in [3.8, 4) is 0 Å². The summed E-state index contributed by atoms with van der Waals surface area (Å²) in [6.07, 6.45) is 3.94. The molecule has 0 aliphatic carbocycles. The minimum Gasteiger partial charge on any atom is -0.462 e. The summed E-state index contributed by atoms with van der Waals surface area (Å²) in [5.74, 6) is -1.46. The third-order valence-corrected chi connectivity index (χ3v) is 6.48. The molecule has 0 radical (unpaired) electrons. The van der Waals surface area contributed by atoms with Crippen LogP contribution in [-0.4, -0.2) is 123 Å². The van der Waals surface area contributed by atoms with Crippen molar-refractivity contribution in [3.63, 3.8) is 0 Å². The van der Waals surface area contributed by atoms with Crippen LogP contribution in [0.1, 0.15) is 26.7 Å². The van der Waals surface area contributed by atoms with E-state index in [1.165, 1.54) is 23.5 Å². The predicted molar refractivity (Wildman–Crippen MR) is 134 cm³/mol. The molecule has 0 aliphatic heterocycles. The quantitative estimate of drug-likeness (QED) is 0.138. The summed E-state index contributed by atoms with van der Waals surface area (Å²) >= 11 is 2.77. The van der Waals surface area contributed by atoms with Crippen LogP contribution in [0.5, 0.6) is 0 Å². The van der Waals surface area contributed by atoms with Crippen molar-refractivity contribution >= 4 is 47.4 Å². The molecule has 0 aromatic heterocycles. The van der Waals surface area contributed by atoms with Gasteiger partial charge in [0.25, 0.3) is 0 Å². The highest BCUT2D eigenvalue weighted by Crippen LogP contribution is 2.07. The van der Waals surface area contributed by atoms with Gasteiger partial charge in [-0.1, -0.05) is 0 Å². The fourth-order valence-corrected chi connectivity index (χ4v) is 2.86. The van der Waals surface area contributed by atoms with E-state index in [1.54, 1.807) is 13.8 Å². The van der Waals surface area contributed by atoms with E-state index in [2.05, 4.69) is 0 Å². The Morgan fingerprint density at radius 3 is 1.38 bits per heavy atom. The van der Waals surface area contributed by atoms with Gasteiger partial charge >= 0.3 is 23.9 Å². The van der Waals surface area contributed by atoms with Gasteiger partial charge in [0, 0.05) is 26.2 Å². The Morgan fingerprint density at radius 1 is 0.647 bits per heavy atom. The Kier molecular flexibility index (Phi) is 18.9. The molecule has 0 aromatic carbocycles. The van der Waals surface area contributed by atoms with E-state index in [9.17, 15) is 19.2 Å². The van der Waals surface area contributed by atoms with Gasteiger partial charge in [0.1, 0.15) is 26.4 Å². The van der Waals surface area contributed by atoms with E-state index in [1.807, 2.05) is 36.4 Å². The molecule has 12 heteroatoms. The lowest BCUT2D eigenvalue weighted by Gasteiger charge is -2.23. The lowest BCUT2D eigenvalue weighted by atomic mass is 10.3. The van der Waals surface area contributed by atoms with Crippen molar-refractivity contribution in [3.05, 3.63) is 0 Å². The first-order valence-electron chi connectivity index (χ1n) is 11.2. The number of ether oxygens (including phenoxy) is 4. The molecule has 10 nitrogen and oxygen atoms in total. The zero-order valence-electron chi connectivity index (χ0n) is 21.2. The average molecular weight is 525 g/mol. The molecule has 0 bridgehead atoms. The zero-order valence-corrected chi connectivity index (χ0v) is 22.8. The first kappa shape index (κ1) is 32.5. The monoisotopic (exact) mass is 524 g/mol. The molecule has 0 N–H and O–H groups in total. The van der Waals surface area contributed by atoms with Crippen LogP contribution in [0.15, 0.2) is 0 Å². The summed E-state index contributed by atoms with van der Waals surface area (Å²) in [4.78, 5) is 51.2. The highest BCUT2D eigenvalue weighted by molar-refractivity contribution is 8.00. The average Bonchev–Trinajstić information content (AvgIpc) is 2.82. The first-order valence-corrected chi connectivity index (χ1v) is 13.7. The van der Waals surface area contributed by atoms with Crippen LogP contribution in [-0.2, 0) is 38.1 Å². The lowest BCUT2D eigenvalue weighted by molar-refractivity contribution is -0.152. The topological polar surface area (TPSA) is 112 Å². The van der Waals surface area contributed by atoms with Gasteiger partial charge in [-0.15, -0.1) is 0 Å². The van der Waals surface area contributed by atoms with Crippen LogP contribution in [0, 0.1) is 0 Å². The normalized spacial score (nSPS) is 12.8. The van der Waals surface area contributed by atoms with Gasteiger partial charge in [0.15, 0.2) is 0 Å². The largest absolute Gasteiger partial charge is 0.462 e. The molecule has 0 spiro atoms. The lowest BCUT2D eigenvalue weighted by Crippen LogP contribution is -2.35. The second-order valence-electron chi connectivity index (χ2n) is 7.68. The summed E-state index contributed by atoms with van der Waals surface area (Å²) in [6.45, 7) is 5.85. The zero-order chi connectivity index (χ0) is 25.9. The van der Waals surface area contributed by atoms with Crippen molar-refractivity contribution in [2.45, 2.75) is 37.2 Å². The van der Waals surface area contributed by atoms with Gasteiger partial charge in [-0.05, 0) is 40.5 Å². The summed E-state index contributed by atoms with van der Waals surface area (Å²) in [6, 6.07) is 0. The molecule has 198 valence electrons. The number of hydrogen-bond acceptors (Lipinski definition) is 12. The van der Waals surface area contributed by atoms with Crippen molar-refractivity contribution in [2.24, 2.45) is 0 Å². The van der Waals surface area contributed by atoms with Gasteiger partial charge in [-0.3, -0.25) is 19.2 Å². The number of thioether (sulfide) groups is 2. The Hall–Kier alpha value is -1.50. The Labute approximate surface area is 211 Å². The molecular weight excluding hydrogens is 484 g/mol. The SMILES string of the molecule is CSC(C)C(=O)OCCOC(=O)CCN(CCC(=O)OCCOC(=O)C(C)SC)CCN(C)C. The highest BCUT2D eigenvalue weighted by atomic mass is 32.2. The predicted octanol–water partition coefficient (Wildman–Crippen LogP) is 1.31. The number of nitrogens with zero attached hydrogens (tertiary/aromatic N) is 2. The van der Waals surface area contributed by atoms with Gasteiger partial charge in [-0.25, -0.2) is 0 Å². The van der Waals surface area contributed by atoms with Crippen molar-refractivity contribution in [1.82, 2.24) is 9.80 Å². The van der Waals surface area contributed by atoms with Crippen LogP contribution in [0.2, 0.25) is 0 Å². The third-order valence-electron chi connectivity index (χ3n) is 4.68. The van der Waals surface area contributed by atoms with Crippen LogP contribution in [0.25, 0.3) is 0 Å². The number of hydrogen-bond donors (Lipinski definition) is 0. The number of likely N-dealkylation sites (N-methyl/N-ethyl adjacent to an activating group) is 1. The van der Waals surface area contributed by atoms with Crippen molar-refractivity contribution < 1.29 is 38.1 Å². The number of carbonyl (C=O) groups is 4. The number of esters is 4. The van der Waals surface area contributed by atoms with Crippen molar-refractivity contribution in [2.75, 3.05) is 79.2 Å². The van der Waals surface area contributed by atoms with Crippen LogP contribution in [0.4, 0.5) is 0 Å². The second kappa shape index (κ2) is 19.8. The van der Waals surface area contributed by atoms with E-state index < -0.39 is 11.9 Å². The minimum absolute atomic E-state index is 0.00991. The molecule has 2 unspecified atom stereocenters. The summed E-state index contributed by atoms with van der Waals surface area (Å²) in [5, 5.41) is -0.516. The maximum atomic E-state index is 12.0. The molecule has 0 aliphatic rings. The van der Waals surface area contributed by atoms with Crippen molar-refractivity contribution in [1.29, 1.82) is 0 Å². The molecule has 0 saturated heterocycles. The Balaban J connectivity index is 4.24. The molecule has 0 fully saturated rings. The molecule has 0 heterocycles. The fourth-order valence-electron chi connectivity index (χ4n) is 2.34. The summed E-state index contributed by atoms with van der Waals surface area (Å²) in [7, 11) is 3.89. The molecular formula is C22H40N2O8S2.